The number of rotatable bonds is 4. The maximum atomic E-state index is 10.1. The minimum absolute atomic E-state index is 0.466. The minimum Gasteiger partial charge on any atom is -0.394 e. The number of hydrogen-bond acceptors (Lipinski definition) is 11. The fourth-order valence-electron chi connectivity index (χ4n) is 2.53. The number of hydrogen-bond donors (Lipinski definition) is 8. The Balaban J connectivity index is 2.17. The monoisotopic (exact) mass is 342 g/mol. The Labute approximate surface area is 130 Å². The normalized spacial score (nSPS) is 51.7. The zero-order valence-electron chi connectivity index (χ0n) is 12.0. The number of ether oxygens (including phenoxy) is 3. The maximum absolute atomic E-state index is 10.1. The van der Waals surface area contributed by atoms with Gasteiger partial charge in [0.15, 0.2) is 6.29 Å². The molecule has 9 atom stereocenters. The second-order valence-electron chi connectivity index (χ2n) is 5.63. The molecule has 136 valence electrons. The summed E-state index contributed by atoms with van der Waals surface area (Å²) >= 11 is 0. The van der Waals surface area contributed by atoms with Gasteiger partial charge in [0.1, 0.15) is 42.7 Å². The standard InChI is InChI=1S/C12H22O11/c13-1-5-7(17)8(18)9(19)11(22-5)23-10-6(16)4(15)2-21-12(10,20)3-14/h4-11,13-20H,1-3H2. The van der Waals surface area contributed by atoms with Crippen molar-refractivity contribution in [3.05, 3.63) is 0 Å². The highest BCUT2D eigenvalue weighted by Crippen LogP contribution is 2.30. The lowest BCUT2D eigenvalue weighted by atomic mass is 9.96. The first-order valence-electron chi connectivity index (χ1n) is 7.04. The zero-order valence-corrected chi connectivity index (χ0v) is 12.0. The predicted octanol–water partition coefficient (Wildman–Crippen LogP) is -5.40. The molecule has 0 aromatic carbocycles. The van der Waals surface area contributed by atoms with Crippen LogP contribution in [0.2, 0.25) is 0 Å². The molecule has 0 bridgehead atoms. The molecule has 2 rings (SSSR count). The van der Waals surface area contributed by atoms with Crippen LogP contribution in [0.1, 0.15) is 0 Å². The van der Waals surface area contributed by atoms with Gasteiger partial charge < -0.3 is 55.1 Å². The molecule has 2 saturated heterocycles. The lowest BCUT2D eigenvalue weighted by molar-refractivity contribution is -0.387. The summed E-state index contributed by atoms with van der Waals surface area (Å²) in [7, 11) is 0. The van der Waals surface area contributed by atoms with Crippen LogP contribution < -0.4 is 0 Å². The Morgan fingerprint density at radius 2 is 1.61 bits per heavy atom. The average molecular weight is 342 g/mol. The highest BCUT2D eigenvalue weighted by molar-refractivity contribution is 4.95. The Morgan fingerprint density at radius 3 is 2.17 bits per heavy atom. The van der Waals surface area contributed by atoms with E-state index in [1.165, 1.54) is 0 Å². The van der Waals surface area contributed by atoms with Gasteiger partial charge in [0.05, 0.1) is 19.8 Å². The first-order valence-corrected chi connectivity index (χ1v) is 7.04. The van der Waals surface area contributed by atoms with Crippen molar-refractivity contribution in [1.82, 2.24) is 0 Å². The molecule has 2 heterocycles. The second-order valence-corrected chi connectivity index (χ2v) is 5.63. The molecule has 2 aliphatic rings. The van der Waals surface area contributed by atoms with E-state index in [1.807, 2.05) is 0 Å². The highest BCUT2D eigenvalue weighted by Gasteiger charge is 2.53. The summed E-state index contributed by atoms with van der Waals surface area (Å²) in [5.41, 5.74) is 0. The zero-order chi connectivity index (χ0) is 17.4. The van der Waals surface area contributed by atoms with Crippen LogP contribution >= 0.6 is 0 Å². The molecule has 2 fully saturated rings. The van der Waals surface area contributed by atoms with Crippen molar-refractivity contribution in [3.8, 4) is 0 Å². The fraction of sp³-hybridized carbons (Fsp3) is 1.00. The average Bonchev–Trinajstić information content (AvgIpc) is 2.55. The van der Waals surface area contributed by atoms with E-state index >= 15 is 0 Å². The molecule has 9 unspecified atom stereocenters. The summed E-state index contributed by atoms with van der Waals surface area (Å²) in [5.74, 6) is -2.38. The van der Waals surface area contributed by atoms with Gasteiger partial charge in [-0.1, -0.05) is 0 Å². The lowest BCUT2D eigenvalue weighted by Gasteiger charge is -2.47. The molecule has 0 aliphatic carbocycles. The van der Waals surface area contributed by atoms with E-state index in [-0.39, 0.29) is 0 Å². The van der Waals surface area contributed by atoms with Crippen LogP contribution in [0, 0.1) is 0 Å². The van der Waals surface area contributed by atoms with Gasteiger partial charge in [0, 0.05) is 0 Å². The van der Waals surface area contributed by atoms with Crippen molar-refractivity contribution in [2.24, 2.45) is 0 Å². The molecule has 0 amide bonds. The van der Waals surface area contributed by atoms with Crippen molar-refractivity contribution in [2.75, 3.05) is 19.8 Å². The van der Waals surface area contributed by atoms with E-state index in [1.54, 1.807) is 0 Å². The van der Waals surface area contributed by atoms with Gasteiger partial charge in [-0.2, -0.15) is 0 Å². The van der Waals surface area contributed by atoms with E-state index in [4.69, 9.17) is 19.3 Å². The van der Waals surface area contributed by atoms with Crippen LogP contribution in [0.25, 0.3) is 0 Å². The summed E-state index contributed by atoms with van der Waals surface area (Å²) in [6.45, 7) is -2.15. The molecule has 0 spiro atoms. The van der Waals surface area contributed by atoms with Gasteiger partial charge in [-0.15, -0.1) is 0 Å². The first-order chi connectivity index (χ1) is 10.7. The second kappa shape index (κ2) is 7.21. The van der Waals surface area contributed by atoms with Gasteiger partial charge in [-0.05, 0) is 0 Å². The Morgan fingerprint density at radius 1 is 0.957 bits per heavy atom. The lowest BCUT2D eigenvalue weighted by Crippen LogP contribution is -2.67. The van der Waals surface area contributed by atoms with E-state index in [0.717, 1.165) is 0 Å². The molecule has 2 aliphatic heterocycles. The van der Waals surface area contributed by atoms with Crippen LogP contribution in [-0.4, -0.2) is 115 Å². The predicted molar refractivity (Wildman–Crippen MR) is 68.6 cm³/mol. The third kappa shape index (κ3) is 3.50. The van der Waals surface area contributed by atoms with E-state index in [0.29, 0.717) is 0 Å². The Kier molecular flexibility index (Phi) is 5.92. The molecule has 0 saturated carbocycles. The summed E-state index contributed by atoms with van der Waals surface area (Å²) in [6.07, 6.45) is -12.9. The Hall–Kier alpha value is -0.440. The summed E-state index contributed by atoms with van der Waals surface area (Å²) in [6, 6.07) is 0. The van der Waals surface area contributed by atoms with Crippen LogP contribution in [-0.2, 0) is 14.2 Å². The summed E-state index contributed by atoms with van der Waals surface area (Å²) in [4.78, 5) is 0. The molecule has 23 heavy (non-hydrogen) atoms. The van der Waals surface area contributed by atoms with Crippen LogP contribution in [0.3, 0.4) is 0 Å². The SMILES string of the molecule is OCC1OC(OC2C(O)C(O)COC2(O)CO)C(O)C(O)C1O. The van der Waals surface area contributed by atoms with E-state index < -0.39 is 74.6 Å². The first kappa shape index (κ1) is 18.9. The van der Waals surface area contributed by atoms with Crippen molar-refractivity contribution in [3.63, 3.8) is 0 Å². The largest absolute Gasteiger partial charge is 0.394 e. The van der Waals surface area contributed by atoms with Crippen LogP contribution in [0.15, 0.2) is 0 Å². The summed E-state index contributed by atoms with van der Waals surface area (Å²) in [5, 5.41) is 77.2. The number of aliphatic hydroxyl groups excluding tert-OH is 7. The molecule has 0 aromatic rings. The molecular formula is C12H22O11. The van der Waals surface area contributed by atoms with Crippen molar-refractivity contribution >= 4 is 0 Å². The molecule has 11 heteroatoms. The van der Waals surface area contributed by atoms with E-state index in [2.05, 4.69) is 0 Å². The smallest absolute Gasteiger partial charge is 0.219 e. The molecule has 0 aromatic heterocycles. The maximum Gasteiger partial charge on any atom is 0.219 e. The van der Waals surface area contributed by atoms with Crippen molar-refractivity contribution in [1.29, 1.82) is 0 Å². The van der Waals surface area contributed by atoms with Gasteiger partial charge in [0.25, 0.3) is 0 Å². The number of aliphatic hydroxyl groups is 8. The third-order valence-corrected chi connectivity index (χ3v) is 4.01. The fourth-order valence-corrected chi connectivity index (χ4v) is 2.53. The molecular weight excluding hydrogens is 320 g/mol. The van der Waals surface area contributed by atoms with Crippen molar-refractivity contribution < 1.29 is 55.1 Å². The third-order valence-electron chi connectivity index (χ3n) is 4.01. The molecule has 0 radical (unpaired) electrons. The molecule has 8 N–H and O–H groups in total. The van der Waals surface area contributed by atoms with Gasteiger partial charge in [-0.3, -0.25) is 0 Å². The van der Waals surface area contributed by atoms with Gasteiger partial charge in [0.2, 0.25) is 5.79 Å². The highest BCUT2D eigenvalue weighted by atomic mass is 16.7. The minimum atomic E-state index is -2.38. The quantitative estimate of drug-likeness (QED) is 0.243. The Bertz CT molecular complexity index is 393. The van der Waals surface area contributed by atoms with Crippen molar-refractivity contribution in [2.45, 2.75) is 54.8 Å². The molecule has 11 nitrogen and oxygen atoms in total. The van der Waals surface area contributed by atoms with E-state index in [9.17, 15) is 35.7 Å². The van der Waals surface area contributed by atoms with Gasteiger partial charge >= 0.3 is 0 Å². The topological polar surface area (TPSA) is 190 Å². The van der Waals surface area contributed by atoms with Gasteiger partial charge in [-0.25, -0.2) is 0 Å². The summed E-state index contributed by atoms with van der Waals surface area (Å²) < 4.78 is 15.1. The van der Waals surface area contributed by atoms with Crippen LogP contribution in [0.4, 0.5) is 0 Å². The van der Waals surface area contributed by atoms with Crippen LogP contribution in [0.5, 0.6) is 0 Å².